The van der Waals surface area contributed by atoms with Crippen molar-refractivity contribution in [3.63, 3.8) is 0 Å². The minimum atomic E-state index is -0.235. The van der Waals surface area contributed by atoms with E-state index in [1.54, 1.807) is 102 Å². The van der Waals surface area contributed by atoms with Crippen molar-refractivity contribution in [1.82, 2.24) is 29.2 Å². The number of nitrogens with zero attached hydrogens (tertiary/aromatic N) is 6. The molecule has 4 aromatic carbocycles. The Morgan fingerprint density at radius 1 is 0.569 bits per heavy atom. The van der Waals surface area contributed by atoms with E-state index in [9.17, 15) is 19.2 Å². The zero-order valence-corrected chi connectivity index (χ0v) is 36.5. The van der Waals surface area contributed by atoms with Gasteiger partial charge in [0.15, 0.2) is 11.3 Å². The molecule has 0 aliphatic rings. The van der Waals surface area contributed by atoms with Crippen molar-refractivity contribution >= 4 is 80.3 Å². The van der Waals surface area contributed by atoms with Gasteiger partial charge in [-0.2, -0.15) is 10.2 Å². The van der Waals surface area contributed by atoms with E-state index < -0.39 is 0 Å². The second-order valence-corrected chi connectivity index (χ2v) is 16.5. The maximum atomic E-state index is 12.8. The van der Waals surface area contributed by atoms with Crippen LogP contribution >= 0.6 is 34.3 Å². The van der Waals surface area contributed by atoms with E-state index in [0.717, 1.165) is 22.5 Å². The predicted molar refractivity (Wildman–Crippen MR) is 253 cm³/mol. The van der Waals surface area contributed by atoms with Gasteiger partial charge in [-0.3, -0.25) is 19.2 Å². The Bertz CT molecular complexity index is 3350. The van der Waals surface area contributed by atoms with Crippen LogP contribution in [0.1, 0.15) is 51.2 Å². The molecule has 0 aliphatic heterocycles. The molecule has 0 unspecified atom stereocenters. The summed E-state index contributed by atoms with van der Waals surface area (Å²) in [6.45, 7) is 0. The van der Waals surface area contributed by atoms with Gasteiger partial charge in [-0.15, -0.1) is 22.7 Å². The number of thiophene rings is 2. The van der Waals surface area contributed by atoms with Gasteiger partial charge < -0.3 is 15.4 Å². The first-order chi connectivity index (χ1) is 31.7. The van der Waals surface area contributed by atoms with Gasteiger partial charge in [0.05, 0.1) is 51.8 Å². The number of ketones is 2. The number of anilines is 2. The monoisotopic (exact) mass is 912 g/mol. The van der Waals surface area contributed by atoms with E-state index in [0.29, 0.717) is 65.4 Å². The molecular weight excluding hydrogens is 880 g/mol. The number of amides is 2. The summed E-state index contributed by atoms with van der Waals surface area (Å²) in [4.78, 5) is 60.9. The molecule has 10 aromatic rings. The molecule has 0 atom stereocenters. The van der Waals surface area contributed by atoms with E-state index in [-0.39, 0.29) is 23.4 Å². The fourth-order valence-corrected chi connectivity index (χ4v) is 8.37. The maximum absolute atomic E-state index is 12.8. The van der Waals surface area contributed by atoms with E-state index in [1.807, 2.05) is 83.6 Å². The van der Waals surface area contributed by atoms with Crippen molar-refractivity contribution in [1.29, 1.82) is 0 Å². The number of rotatable bonds is 11. The molecule has 0 fully saturated rings. The molecule has 65 heavy (non-hydrogen) atoms. The first kappa shape index (κ1) is 42.2. The van der Waals surface area contributed by atoms with Crippen molar-refractivity contribution in [3.05, 3.63) is 206 Å². The van der Waals surface area contributed by atoms with Gasteiger partial charge in [0, 0.05) is 51.0 Å². The number of benzene rings is 4. The lowest BCUT2D eigenvalue weighted by molar-refractivity contribution is 0.101. The van der Waals surface area contributed by atoms with Crippen LogP contribution in [0, 0.1) is 0 Å². The fraction of sp³-hybridized carbons (Fsp3) is 0.0204. The zero-order chi connectivity index (χ0) is 44.9. The number of aromatic nitrogens is 6. The minimum absolute atomic E-state index is 0.106. The van der Waals surface area contributed by atoms with Crippen molar-refractivity contribution < 1.29 is 23.9 Å². The molecule has 6 heterocycles. The summed E-state index contributed by atoms with van der Waals surface area (Å²) in [6.07, 6.45) is 6.39. The molecule has 6 aromatic heterocycles. The topological polar surface area (TPSA) is 162 Å². The van der Waals surface area contributed by atoms with Crippen molar-refractivity contribution in [2.75, 3.05) is 17.7 Å². The Kier molecular flexibility index (Phi) is 12.1. The average Bonchev–Trinajstić information content (AvgIpc) is 4.20. The largest absolute Gasteiger partial charge is 0.497 e. The number of carbonyl (C=O) groups excluding carboxylic acids is 4. The third-order valence-corrected chi connectivity index (χ3v) is 12.1. The van der Waals surface area contributed by atoms with Gasteiger partial charge in [0.1, 0.15) is 5.75 Å². The van der Waals surface area contributed by atoms with E-state index >= 15 is 0 Å². The molecule has 0 aliphatic carbocycles. The summed E-state index contributed by atoms with van der Waals surface area (Å²) in [5, 5.41) is 18.9. The number of halogens is 1. The molecule has 0 spiro atoms. The first-order valence-corrected chi connectivity index (χ1v) is 21.9. The van der Waals surface area contributed by atoms with Gasteiger partial charge in [-0.1, -0.05) is 48.0 Å². The molecule has 13 nitrogen and oxygen atoms in total. The lowest BCUT2D eigenvalue weighted by Crippen LogP contribution is -2.11. The summed E-state index contributed by atoms with van der Waals surface area (Å²) in [6, 6.07) is 39.4. The van der Waals surface area contributed by atoms with Crippen LogP contribution in [-0.2, 0) is 0 Å². The van der Waals surface area contributed by atoms with Gasteiger partial charge >= 0.3 is 0 Å². The molecule has 2 amide bonds. The number of ether oxygens (including phenoxy) is 1. The number of hydrogen-bond donors (Lipinski definition) is 2. The number of methoxy groups -OCH3 is 1. The highest BCUT2D eigenvalue weighted by atomic mass is 35.5. The standard InChI is InChI=1S/C25H18N4O3S.C24H15ClN4O2S/c1-32-19-9-7-16(8-10-19)25(31)28-18-5-2-4-17(14-18)21-11-12-26-24-20(15-27-29(21)24)23(30)22-6-3-13-33-22;25-17-8-6-15(7-9-17)24(31)28-18-4-1-3-16(13-18)20-10-11-26-23-19(14-27-29(20)23)22(30)21-5-2-12-32-21/h2-15H,1H3,(H,28,31);1-14H,(H,28,31). The predicted octanol–water partition coefficient (Wildman–Crippen LogP) is 10.5. The quantitative estimate of drug-likeness (QED) is 0.120. The summed E-state index contributed by atoms with van der Waals surface area (Å²) in [7, 11) is 1.58. The Labute approximate surface area is 383 Å². The molecule has 10 rings (SSSR count). The van der Waals surface area contributed by atoms with Gasteiger partial charge in [0.2, 0.25) is 11.6 Å². The third-order valence-electron chi connectivity index (χ3n) is 10.1. The maximum Gasteiger partial charge on any atom is 0.255 e. The minimum Gasteiger partial charge on any atom is -0.497 e. The summed E-state index contributed by atoms with van der Waals surface area (Å²) >= 11 is 8.67. The summed E-state index contributed by atoms with van der Waals surface area (Å²) in [5.74, 6) is 0.0133. The molecule has 2 N–H and O–H groups in total. The lowest BCUT2D eigenvalue weighted by atomic mass is 10.1. The van der Waals surface area contributed by atoms with Crippen molar-refractivity contribution in [2.24, 2.45) is 0 Å². The van der Waals surface area contributed by atoms with Crippen molar-refractivity contribution in [2.45, 2.75) is 0 Å². The lowest BCUT2D eigenvalue weighted by Gasteiger charge is -2.09. The highest BCUT2D eigenvalue weighted by Crippen LogP contribution is 2.28. The van der Waals surface area contributed by atoms with Crippen LogP contribution in [0.4, 0.5) is 11.4 Å². The van der Waals surface area contributed by atoms with Crippen LogP contribution in [-0.4, -0.2) is 59.7 Å². The summed E-state index contributed by atoms with van der Waals surface area (Å²) in [5.41, 5.74) is 7.33. The molecule has 16 heteroatoms. The zero-order valence-electron chi connectivity index (χ0n) is 34.1. The van der Waals surface area contributed by atoms with E-state index in [2.05, 4.69) is 30.8 Å². The second-order valence-electron chi connectivity index (χ2n) is 14.2. The third kappa shape index (κ3) is 9.05. The van der Waals surface area contributed by atoms with Crippen LogP contribution in [0.25, 0.3) is 33.8 Å². The Morgan fingerprint density at radius 3 is 1.46 bits per heavy atom. The fourth-order valence-electron chi connectivity index (χ4n) is 6.88. The highest BCUT2D eigenvalue weighted by molar-refractivity contribution is 7.12. The smallest absolute Gasteiger partial charge is 0.255 e. The molecule has 0 radical (unpaired) electrons. The van der Waals surface area contributed by atoms with Crippen LogP contribution in [0.15, 0.2) is 169 Å². The highest BCUT2D eigenvalue weighted by Gasteiger charge is 2.20. The summed E-state index contributed by atoms with van der Waals surface area (Å²) < 4.78 is 8.42. The first-order valence-electron chi connectivity index (χ1n) is 19.8. The second kappa shape index (κ2) is 18.7. The normalized spacial score (nSPS) is 10.9. The van der Waals surface area contributed by atoms with Crippen LogP contribution in [0.3, 0.4) is 0 Å². The van der Waals surface area contributed by atoms with E-state index in [1.165, 1.54) is 22.7 Å². The number of carbonyl (C=O) groups is 4. The number of hydrogen-bond acceptors (Lipinski definition) is 11. The Hall–Kier alpha value is -8.11. The van der Waals surface area contributed by atoms with E-state index in [4.69, 9.17) is 16.3 Å². The molecular formula is C49H33ClN8O5S2. The average molecular weight is 913 g/mol. The van der Waals surface area contributed by atoms with Crippen LogP contribution < -0.4 is 15.4 Å². The Morgan fingerprint density at radius 2 is 1.03 bits per heavy atom. The van der Waals surface area contributed by atoms with Gasteiger partial charge in [-0.05, 0) is 108 Å². The van der Waals surface area contributed by atoms with Crippen LogP contribution in [0.5, 0.6) is 5.75 Å². The number of fused-ring (bicyclic) bond motifs is 2. The number of nitrogens with one attached hydrogen (secondary N) is 2. The molecule has 0 bridgehead atoms. The molecule has 318 valence electrons. The van der Waals surface area contributed by atoms with Crippen LogP contribution in [0.2, 0.25) is 5.02 Å². The SMILES string of the molecule is COc1ccc(C(=O)Nc2cccc(-c3ccnc4c(C(=O)c5cccs5)cnn34)c2)cc1.O=C(Nc1cccc(-c2ccnc3c(C(=O)c4cccs4)cnn23)c1)c1ccc(Cl)cc1. The molecule has 0 saturated heterocycles. The van der Waals surface area contributed by atoms with Gasteiger partial charge in [-0.25, -0.2) is 19.0 Å². The molecule has 0 saturated carbocycles. The Balaban J connectivity index is 0.000000164. The van der Waals surface area contributed by atoms with Crippen molar-refractivity contribution in [3.8, 4) is 28.3 Å². The van der Waals surface area contributed by atoms with Gasteiger partial charge in [0.25, 0.3) is 11.8 Å².